The van der Waals surface area contributed by atoms with Crippen molar-refractivity contribution < 1.29 is 18.8 Å². The van der Waals surface area contributed by atoms with Crippen LogP contribution in [-0.4, -0.2) is 35.4 Å². The van der Waals surface area contributed by atoms with E-state index in [1.54, 1.807) is 0 Å². The molecule has 0 aliphatic heterocycles. The molecule has 0 saturated carbocycles. The molecule has 0 rings (SSSR count). The van der Waals surface area contributed by atoms with Crippen LogP contribution in [0.2, 0.25) is 0 Å². The van der Waals surface area contributed by atoms with Gasteiger partial charge in [0.25, 0.3) is 5.91 Å². The Kier molecular flexibility index (Phi) is 5.80. The van der Waals surface area contributed by atoms with Crippen LogP contribution in [0.25, 0.3) is 0 Å². The number of likely N-dealkylation sites (N-methyl/N-ethyl adjacent to an activating group) is 1. The van der Waals surface area contributed by atoms with E-state index in [2.05, 4.69) is 4.52 Å². The van der Waals surface area contributed by atoms with Crippen molar-refractivity contribution >= 4 is 14.2 Å². The molecular weight excluding hydrogens is 181 g/mol. The highest BCUT2D eigenvalue weighted by molar-refractivity contribution is 7.32. The lowest BCUT2D eigenvalue weighted by Crippen LogP contribution is -2.32. The summed E-state index contributed by atoms with van der Waals surface area (Å²) < 4.78 is 14.3. The molecule has 0 saturated heterocycles. The van der Waals surface area contributed by atoms with E-state index < -0.39 is 8.25 Å². The maximum absolute atomic E-state index is 11.1. The van der Waals surface area contributed by atoms with E-state index in [-0.39, 0.29) is 12.5 Å². The van der Waals surface area contributed by atoms with Crippen LogP contribution in [0, 0.1) is 0 Å². The van der Waals surface area contributed by atoms with Crippen molar-refractivity contribution in [1.82, 2.24) is 4.90 Å². The van der Waals surface area contributed by atoms with Gasteiger partial charge in [-0.3, -0.25) is 4.79 Å². The molecule has 6 heteroatoms. The lowest BCUT2D eigenvalue weighted by molar-refractivity contribution is -0.133. The van der Waals surface area contributed by atoms with Crippen LogP contribution >= 0.6 is 8.25 Å². The molecule has 1 amide bonds. The number of carbonyl (C=O) groups is 1. The maximum atomic E-state index is 11.1. The molecule has 0 aliphatic carbocycles. The Bertz CT molecular complexity index is 169. The first-order valence-corrected chi connectivity index (χ1v) is 4.81. The van der Waals surface area contributed by atoms with Crippen molar-refractivity contribution in [3.05, 3.63) is 0 Å². The number of amides is 1. The van der Waals surface area contributed by atoms with Gasteiger partial charge in [-0.05, 0) is 13.8 Å². The van der Waals surface area contributed by atoms with Crippen LogP contribution in [-0.2, 0) is 13.9 Å². The molecule has 0 radical (unpaired) electrons. The van der Waals surface area contributed by atoms with E-state index in [0.717, 1.165) is 0 Å². The average Bonchev–Trinajstić information content (AvgIpc) is 2.03. The van der Waals surface area contributed by atoms with Gasteiger partial charge in [0.05, 0.1) is 0 Å². The Morgan fingerprint density at radius 2 is 2.00 bits per heavy atom. The third-order valence-corrected chi connectivity index (χ3v) is 1.76. The maximum Gasteiger partial charge on any atom is 0.695 e. The first-order chi connectivity index (χ1) is 5.61. The summed E-state index contributed by atoms with van der Waals surface area (Å²) in [5.74, 6) is -0.266. The van der Waals surface area contributed by atoms with E-state index in [1.165, 1.54) is 4.90 Å². The van der Waals surface area contributed by atoms with Crippen molar-refractivity contribution in [3.8, 4) is 0 Å². The number of nitrogens with zero attached hydrogens (tertiary/aromatic N) is 1. The van der Waals surface area contributed by atoms with Crippen LogP contribution in [0.15, 0.2) is 0 Å². The van der Waals surface area contributed by atoms with Crippen molar-refractivity contribution in [3.63, 3.8) is 0 Å². The van der Waals surface area contributed by atoms with E-state index in [0.29, 0.717) is 13.1 Å². The monoisotopic (exact) mass is 194 g/mol. The summed E-state index contributed by atoms with van der Waals surface area (Å²) >= 11 is 0. The summed E-state index contributed by atoms with van der Waals surface area (Å²) in [6.45, 7) is 4.51. The number of hydrogen-bond acceptors (Lipinski definition) is 3. The first-order valence-electron chi connectivity index (χ1n) is 3.68. The predicted octanol–water partition coefficient (Wildman–Crippen LogP) is 0.521. The summed E-state index contributed by atoms with van der Waals surface area (Å²) in [5.41, 5.74) is 0. The van der Waals surface area contributed by atoms with Gasteiger partial charge >= 0.3 is 8.25 Å². The van der Waals surface area contributed by atoms with Gasteiger partial charge in [-0.25, -0.2) is 0 Å². The zero-order chi connectivity index (χ0) is 9.56. The lowest BCUT2D eigenvalue weighted by Gasteiger charge is -2.16. The highest BCUT2D eigenvalue weighted by Gasteiger charge is 2.18. The van der Waals surface area contributed by atoms with Gasteiger partial charge in [0.2, 0.25) is 0 Å². The Morgan fingerprint density at radius 1 is 1.50 bits per heavy atom. The van der Waals surface area contributed by atoms with Crippen LogP contribution in [0.1, 0.15) is 13.8 Å². The molecule has 1 N–H and O–H groups in total. The Labute approximate surface area is 72.3 Å². The second kappa shape index (κ2) is 6.06. The third kappa shape index (κ3) is 4.38. The molecule has 0 aromatic heterocycles. The van der Waals surface area contributed by atoms with Gasteiger partial charge in [-0.1, -0.05) is 0 Å². The molecule has 5 nitrogen and oxygen atoms in total. The highest BCUT2D eigenvalue weighted by atomic mass is 31.1. The second-order valence-electron chi connectivity index (χ2n) is 2.08. The van der Waals surface area contributed by atoms with Gasteiger partial charge < -0.3 is 4.90 Å². The van der Waals surface area contributed by atoms with Crippen molar-refractivity contribution in [2.24, 2.45) is 0 Å². The molecule has 70 valence electrons. The molecule has 1 unspecified atom stereocenters. The molecule has 0 aliphatic rings. The van der Waals surface area contributed by atoms with Gasteiger partial charge in [-0.2, -0.15) is 0 Å². The molecular formula is C6H13NO4P+. The summed E-state index contributed by atoms with van der Waals surface area (Å²) in [5, 5.41) is 0. The van der Waals surface area contributed by atoms with E-state index >= 15 is 0 Å². The number of rotatable bonds is 5. The number of carbonyl (C=O) groups excluding carboxylic acids is 1. The van der Waals surface area contributed by atoms with Crippen molar-refractivity contribution in [1.29, 1.82) is 0 Å². The minimum absolute atomic E-state index is 0.266. The summed E-state index contributed by atoms with van der Waals surface area (Å²) in [6, 6.07) is 0. The molecule has 0 fully saturated rings. The van der Waals surface area contributed by atoms with Crippen LogP contribution in [0.4, 0.5) is 0 Å². The predicted molar refractivity (Wildman–Crippen MR) is 43.7 cm³/mol. The fourth-order valence-electron chi connectivity index (χ4n) is 0.778. The lowest BCUT2D eigenvalue weighted by atomic mass is 10.5. The molecule has 0 spiro atoms. The SMILES string of the molecule is CCN(CC)C(=O)CO[P+](=O)O. The van der Waals surface area contributed by atoms with Gasteiger partial charge in [0.1, 0.15) is 0 Å². The topological polar surface area (TPSA) is 66.8 Å². The van der Waals surface area contributed by atoms with Crippen molar-refractivity contribution in [2.75, 3.05) is 19.7 Å². The second-order valence-corrected chi connectivity index (χ2v) is 2.81. The summed E-state index contributed by atoms with van der Waals surface area (Å²) in [7, 11) is -2.67. The minimum atomic E-state index is -2.67. The fraction of sp³-hybridized carbons (Fsp3) is 0.833. The van der Waals surface area contributed by atoms with Gasteiger partial charge in [-0.15, -0.1) is 9.42 Å². The number of hydrogen-bond donors (Lipinski definition) is 1. The van der Waals surface area contributed by atoms with Crippen LogP contribution in [0.3, 0.4) is 0 Å². The quantitative estimate of drug-likeness (QED) is 0.648. The zero-order valence-electron chi connectivity index (χ0n) is 7.19. The van der Waals surface area contributed by atoms with Crippen molar-refractivity contribution in [2.45, 2.75) is 13.8 Å². The molecule has 0 heterocycles. The van der Waals surface area contributed by atoms with Crippen LogP contribution in [0.5, 0.6) is 0 Å². The minimum Gasteiger partial charge on any atom is -0.341 e. The molecule has 1 atom stereocenters. The molecule has 0 aromatic carbocycles. The summed E-state index contributed by atoms with van der Waals surface area (Å²) in [6.07, 6.45) is 0. The Balaban J connectivity index is 3.77. The molecule has 12 heavy (non-hydrogen) atoms. The van der Waals surface area contributed by atoms with Gasteiger partial charge in [0, 0.05) is 17.7 Å². The van der Waals surface area contributed by atoms with Gasteiger partial charge in [0.15, 0.2) is 6.61 Å². The van der Waals surface area contributed by atoms with E-state index in [4.69, 9.17) is 4.89 Å². The zero-order valence-corrected chi connectivity index (χ0v) is 8.08. The normalized spacial score (nSPS) is 11.1. The summed E-state index contributed by atoms with van der Waals surface area (Å²) in [4.78, 5) is 20.8. The third-order valence-electron chi connectivity index (χ3n) is 1.41. The largest absolute Gasteiger partial charge is 0.695 e. The van der Waals surface area contributed by atoms with E-state index in [1.807, 2.05) is 13.8 Å². The van der Waals surface area contributed by atoms with E-state index in [9.17, 15) is 9.36 Å². The fourth-order valence-corrected chi connectivity index (χ4v) is 0.999. The Morgan fingerprint density at radius 3 is 2.33 bits per heavy atom. The Hall–Kier alpha value is -0.510. The molecule has 0 aromatic rings. The standard InChI is InChI=1S/C6H12NO4P/c1-3-7(4-2)6(8)5-11-12(9)10/h3-5H2,1-2H3/p+1. The van der Waals surface area contributed by atoms with Crippen LogP contribution < -0.4 is 0 Å². The average molecular weight is 194 g/mol. The first kappa shape index (κ1) is 11.5. The highest BCUT2D eigenvalue weighted by Crippen LogP contribution is 2.13. The molecule has 0 bridgehead atoms. The smallest absolute Gasteiger partial charge is 0.341 e.